The first-order valence-electron chi connectivity index (χ1n) is 4.37. The van der Waals surface area contributed by atoms with Crippen LogP contribution in [-0.2, 0) is 0 Å². The second-order valence-corrected chi connectivity index (χ2v) is 3.89. The molecule has 1 N–H and O–H groups in total. The number of hydrogen-bond donors (Lipinski definition) is 1. The molecular weight excluding hydrogens is 166 g/mol. The van der Waals surface area contributed by atoms with Gasteiger partial charge in [0.1, 0.15) is 0 Å². The monoisotopic (exact) mass is 179 g/mol. The SMILES string of the molecule is C(=C1CCNCC1)c1ccsc1. The molecule has 12 heavy (non-hydrogen) atoms. The first-order valence-corrected chi connectivity index (χ1v) is 5.32. The Labute approximate surface area is 77.1 Å². The lowest BCUT2D eigenvalue weighted by Crippen LogP contribution is -2.22. The summed E-state index contributed by atoms with van der Waals surface area (Å²) in [5.74, 6) is 0. The third-order valence-corrected chi connectivity index (χ3v) is 2.86. The van der Waals surface area contributed by atoms with E-state index in [4.69, 9.17) is 0 Å². The zero-order valence-electron chi connectivity index (χ0n) is 7.05. The van der Waals surface area contributed by atoms with E-state index in [-0.39, 0.29) is 0 Å². The molecule has 0 aliphatic carbocycles. The molecule has 2 heteroatoms. The van der Waals surface area contributed by atoms with Crippen LogP contribution in [0.4, 0.5) is 0 Å². The van der Waals surface area contributed by atoms with Crippen LogP contribution in [0.2, 0.25) is 0 Å². The average molecular weight is 179 g/mol. The molecule has 0 unspecified atom stereocenters. The Morgan fingerprint density at radius 1 is 1.33 bits per heavy atom. The van der Waals surface area contributed by atoms with Crippen molar-refractivity contribution in [1.82, 2.24) is 5.32 Å². The number of nitrogens with one attached hydrogen (secondary N) is 1. The molecule has 0 aromatic carbocycles. The van der Waals surface area contributed by atoms with Crippen molar-refractivity contribution in [3.8, 4) is 0 Å². The molecule has 1 aromatic heterocycles. The lowest BCUT2D eigenvalue weighted by Gasteiger charge is -2.14. The topological polar surface area (TPSA) is 12.0 Å². The molecule has 0 radical (unpaired) electrons. The molecule has 0 bridgehead atoms. The van der Waals surface area contributed by atoms with Crippen LogP contribution < -0.4 is 5.32 Å². The fourth-order valence-electron chi connectivity index (χ4n) is 1.49. The second-order valence-electron chi connectivity index (χ2n) is 3.11. The van der Waals surface area contributed by atoms with Gasteiger partial charge in [-0.05, 0) is 48.3 Å². The summed E-state index contributed by atoms with van der Waals surface area (Å²) in [5, 5.41) is 7.69. The Kier molecular flexibility index (Phi) is 2.59. The van der Waals surface area contributed by atoms with Crippen LogP contribution in [0.15, 0.2) is 22.4 Å². The third-order valence-electron chi connectivity index (χ3n) is 2.16. The first-order chi connectivity index (χ1) is 5.95. The van der Waals surface area contributed by atoms with Gasteiger partial charge in [-0.15, -0.1) is 0 Å². The first kappa shape index (κ1) is 8.02. The number of rotatable bonds is 1. The fraction of sp³-hybridized carbons (Fsp3) is 0.400. The van der Waals surface area contributed by atoms with Gasteiger partial charge in [0.05, 0.1) is 0 Å². The predicted molar refractivity (Wildman–Crippen MR) is 54.4 cm³/mol. The summed E-state index contributed by atoms with van der Waals surface area (Å²) in [5.41, 5.74) is 2.96. The van der Waals surface area contributed by atoms with Gasteiger partial charge in [-0.3, -0.25) is 0 Å². The second kappa shape index (κ2) is 3.87. The van der Waals surface area contributed by atoms with Crippen LogP contribution in [0.25, 0.3) is 6.08 Å². The molecule has 1 aromatic rings. The van der Waals surface area contributed by atoms with Gasteiger partial charge in [-0.1, -0.05) is 11.6 Å². The van der Waals surface area contributed by atoms with Crippen LogP contribution >= 0.6 is 11.3 Å². The Morgan fingerprint density at radius 3 is 2.83 bits per heavy atom. The van der Waals surface area contributed by atoms with E-state index in [0.717, 1.165) is 13.1 Å². The van der Waals surface area contributed by atoms with Crippen LogP contribution in [0.1, 0.15) is 18.4 Å². The van der Waals surface area contributed by atoms with E-state index >= 15 is 0 Å². The smallest absolute Gasteiger partial charge is 0.00113 e. The average Bonchev–Trinajstić information content (AvgIpc) is 2.59. The van der Waals surface area contributed by atoms with Crippen LogP contribution in [0, 0.1) is 0 Å². The van der Waals surface area contributed by atoms with Gasteiger partial charge >= 0.3 is 0 Å². The molecule has 0 saturated carbocycles. The normalized spacial score (nSPS) is 17.8. The molecule has 2 heterocycles. The number of thiophene rings is 1. The molecule has 64 valence electrons. The highest BCUT2D eigenvalue weighted by molar-refractivity contribution is 7.08. The van der Waals surface area contributed by atoms with Gasteiger partial charge < -0.3 is 5.32 Å². The summed E-state index contributed by atoms with van der Waals surface area (Å²) in [4.78, 5) is 0. The zero-order chi connectivity index (χ0) is 8.23. The molecule has 0 spiro atoms. The van der Waals surface area contributed by atoms with Crippen LogP contribution in [0.5, 0.6) is 0 Å². The summed E-state index contributed by atoms with van der Waals surface area (Å²) in [6.07, 6.45) is 4.77. The standard InChI is InChI=1S/C10H13NS/c1-4-11-5-2-9(1)7-10-3-6-12-8-10/h3,6-8,11H,1-2,4-5H2. The Morgan fingerprint density at radius 2 is 2.17 bits per heavy atom. The van der Waals surface area contributed by atoms with Gasteiger partial charge in [0, 0.05) is 0 Å². The molecule has 0 amide bonds. The summed E-state index contributed by atoms with van der Waals surface area (Å²) in [7, 11) is 0. The number of hydrogen-bond acceptors (Lipinski definition) is 2. The minimum absolute atomic E-state index is 1.15. The Bertz CT molecular complexity index is 253. The lowest BCUT2D eigenvalue weighted by atomic mass is 10.0. The van der Waals surface area contributed by atoms with E-state index in [0.29, 0.717) is 0 Å². The van der Waals surface area contributed by atoms with Gasteiger partial charge in [0.15, 0.2) is 0 Å². The van der Waals surface area contributed by atoms with E-state index in [1.54, 1.807) is 16.9 Å². The largest absolute Gasteiger partial charge is 0.316 e. The summed E-state index contributed by atoms with van der Waals surface area (Å²) in [6, 6.07) is 2.18. The van der Waals surface area contributed by atoms with Gasteiger partial charge in [-0.25, -0.2) is 0 Å². The third kappa shape index (κ3) is 1.96. The van der Waals surface area contributed by atoms with E-state index in [1.165, 1.54) is 18.4 Å². The van der Waals surface area contributed by atoms with Crippen molar-refractivity contribution in [2.75, 3.05) is 13.1 Å². The van der Waals surface area contributed by atoms with Crippen molar-refractivity contribution in [3.05, 3.63) is 28.0 Å². The number of piperidine rings is 1. The molecule has 1 aliphatic rings. The van der Waals surface area contributed by atoms with E-state index in [2.05, 4.69) is 28.2 Å². The molecule has 1 fully saturated rings. The summed E-state index contributed by atoms with van der Waals surface area (Å²) in [6.45, 7) is 2.30. The van der Waals surface area contributed by atoms with E-state index in [1.807, 2.05) is 0 Å². The zero-order valence-corrected chi connectivity index (χ0v) is 7.86. The van der Waals surface area contributed by atoms with Crippen molar-refractivity contribution in [1.29, 1.82) is 0 Å². The minimum Gasteiger partial charge on any atom is -0.316 e. The molecule has 1 saturated heterocycles. The van der Waals surface area contributed by atoms with E-state index in [9.17, 15) is 0 Å². The van der Waals surface area contributed by atoms with Crippen molar-refractivity contribution < 1.29 is 0 Å². The highest BCUT2D eigenvalue weighted by atomic mass is 32.1. The molecule has 1 nitrogen and oxygen atoms in total. The summed E-state index contributed by atoms with van der Waals surface area (Å²) >= 11 is 1.77. The molecule has 0 atom stereocenters. The van der Waals surface area contributed by atoms with Gasteiger partial charge in [0.25, 0.3) is 0 Å². The van der Waals surface area contributed by atoms with Crippen molar-refractivity contribution in [2.24, 2.45) is 0 Å². The van der Waals surface area contributed by atoms with E-state index < -0.39 is 0 Å². The maximum Gasteiger partial charge on any atom is -0.00113 e. The van der Waals surface area contributed by atoms with Crippen LogP contribution in [0.3, 0.4) is 0 Å². The van der Waals surface area contributed by atoms with Crippen molar-refractivity contribution >= 4 is 17.4 Å². The summed E-state index contributed by atoms with van der Waals surface area (Å²) < 4.78 is 0. The van der Waals surface area contributed by atoms with Crippen molar-refractivity contribution in [3.63, 3.8) is 0 Å². The Balaban J connectivity index is 2.07. The van der Waals surface area contributed by atoms with Crippen molar-refractivity contribution in [2.45, 2.75) is 12.8 Å². The van der Waals surface area contributed by atoms with Crippen LogP contribution in [-0.4, -0.2) is 13.1 Å². The van der Waals surface area contributed by atoms with Gasteiger partial charge in [0.2, 0.25) is 0 Å². The lowest BCUT2D eigenvalue weighted by molar-refractivity contribution is 0.613. The van der Waals surface area contributed by atoms with Gasteiger partial charge in [-0.2, -0.15) is 11.3 Å². The fourth-order valence-corrected chi connectivity index (χ4v) is 2.10. The minimum atomic E-state index is 1.15. The quantitative estimate of drug-likeness (QED) is 0.698. The highest BCUT2D eigenvalue weighted by Crippen LogP contribution is 2.16. The highest BCUT2D eigenvalue weighted by Gasteiger charge is 2.03. The maximum atomic E-state index is 3.36. The molecule has 2 rings (SSSR count). The maximum absolute atomic E-state index is 3.36. The molecular formula is C10H13NS. The molecule has 1 aliphatic heterocycles. The predicted octanol–water partition coefficient (Wildman–Crippen LogP) is 2.51. The Hall–Kier alpha value is -0.600.